The quantitative estimate of drug-likeness (QED) is 0.565. The molecule has 7 nitrogen and oxygen atoms in total. The molecular weight excluding hydrogens is 412 g/mol. The van der Waals surface area contributed by atoms with Gasteiger partial charge in [-0.25, -0.2) is 4.98 Å². The van der Waals surface area contributed by atoms with Gasteiger partial charge in [-0.05, 0) is 44.0 Å². The fourth-order valence-electron chi connectivity index (χ4n) is 3.41. The smallest absolute Gasteiger partial charge is 0.262 e. The highest BCUT2D eigenvalue weighted by Crippen LogP contribution is 2.25. The Morgan fingerprint density at radius 2 is 1.81 bits per heavy atom. The van der Waals surface area contributed by atoms with Crippen molar-refractivity contribution >= 4 is 33.4 Å². The van der Waals surface area contributed by atoms with Crippen LogP contribution in [-0.4, -0.2) is 51.8 Å². The SMILES string of the molecule is CCN(Cc1ccc(C(=O)N(C)C)cc1)C(=O)CCn1cnc2sc(C)c(C)c2c1=O. The molecule has 31 heavy (non-hydrogen) atoms. The molecule has 0 bridgehead atoms. The molecule has 0 aliphatic heterocycles. The van der Waals surface area contributed by atoms with Crippen LogP contribution in [0.15, 0.2) is 35.4 Å². The van der Waals surface area contributed by atoms with Gasteiger partial charge >= 0.3 is 0 Å². The van der Waals surface area contributed by atoms with Gasteiger partial charge in [-0.1, -0.05) is 12.1 Å². The fourth-order valence-corrected chi connectivity index (χ4v) is 4.40. The minimum Gasteiger partial charge on any atom is -0.345 e. The molecule has 0 spiro atoms. The van der Waals surface area contributed by atoms with Crippen LogP contribution in [0.2, 0.25) is 0 Å². The number of hydrogen-bond acceptors (Lipinski definition) is 5. The maximum Gasteiger partial charge on any atom is 0.262 e. The van der Waals surface area contributed by atoms with E-state index < -0.39 is 0 Å². The van der Waals surface area contributed by atoms with Gasteiger partial charge in [-0.15, -0.1) is 11.3 Å². The molecular formula is C23H28N4O3S. The molecule has 0 atom stereocenters. The van der Waals surface area contributed by atoms with E-state index in [-0.39, 0.29) is 23.8 Å². The van der Waals surface area contributed by atoms with Crippen molar-refractivity contribution in [1.82, 2.24) is 19.4 Å². The zero-order valence-corrected chi connectivity index (χ0v) is 19.5. The number of aromatic nitrogens is 2. The third kappa shape index (κ3) is 4.85. The lowest BCUT2D eigenvalue weighted by Gasteiger charge is -2.21. The molecule has 164 valence electrons. The lowest BCUT2D eigenvalue weighted by atomic mass is 10.1. The number of benzene rings is 1. The summed E-state index contributed by atoms with van der Waals surface area (Å²) in [5.74, 6) is -0.0804. The number of carbonyl (C=O) groups excluding carboxylic acids is 2. The summed E-state index contributed by atoms with van der Waals surface area (Å²) in [5.41, 5.74) is 2.44. The van der Waals surface area contributed by atoms with Gasteiger partial charge in [-0.2, -0.15) is 0 Å². The van der Waals surface area contributed by atoms with Crippen molar-refractivity contribution in [3.05, 3.63) is 62.5 Å². The van der Waals surface area contributed by atoms with E-state index in [1.807, 2.05) is 32.9 Å². The number of fused-ring (bicyclic) bond motifs is 1. The van der Waals surface area contributed by atoms with E-state index in [1.54, 1.807) is 31.1 Å². The lowest BCUT2D eigenvalue weighted by Crippen LogP contribution is -2.32. The molecule has 1 aromatic carbocycles. The summed E-state index contributed by atoms with van der Waals surface area (Å²) in [6, 6.07) is 7.30. The predicted octanol–water partition coefficient (Wildman–Crippen LogP) is 3.22. The van der Waals surface area contributed by atoms with Crippen molar-refractivity contribution < 1.29 is 9.59 Å². The zero-order chi connectivity index (χ0) is 22.7. The van der Waals surface area contributed by atoms with Gasteiger partial charge in [0.15, 0.2) is 0 Å². The van der Waals surface area contributed by atoms with Crippen LogP contribution >= 0.6 is 11.3 Å². The Balaban J connectivity index is 1.67. The summed E-state index contributed by atoms with van der Waals surface area (Å²) in [6.45, 7) is 7.16. The Hall–Kier alpha value is -3.00. The molecule has 0 N–H and O–H groups in total. The van der Waals surface area contributed by atoms with Crippen molar-refractivity contribution in [2.24, 2.45) is 0 Å². The Kier molecular flexibility index (Phi) is 6.90. The van der Waals surface area contributed by atoms with Crippen LogP contribution < -0.4 is 5.56 Å². The first kappa shape index (κ1) is 22.7. The summed E-state index contributed by atoms with van der Waals surface area (Å²) >= 11 is 1.52. The number of nitrogens with zero attached hydrogens (tertiary/aromatic N) is 4. The number of carbonyl (C=O) groups is 2. The van der Waals surface area contributed by atoms with E-state index in [4.69, 9.17) is 0 Å². The summed E-state index contributed by atoms with van der Waals surface area (Å²) in [6.07, 6.45) is 1.75. The predicted molar refractivity (Wildman–Crippen MR) is 124 cm³/mol. The minimum absolute atomic E-state index is 0.0267. The Bertz CT molecular complexity index is 1160. The number of thiophene rings is 1. The number of aryl methyl sites for hydroxylation is 3. The second-order valence-electron chi connectivity index (χ2n) is 7.76. The molecule has 0 saturated heterocycles. The molecule has 0 fully saturated rings. The zero-order valence-electron chi connectivity index (χ0n) is 18.6. The highest BCUT2D eigenvalue weighted by molar-refractivity contribution is 7.18. The van der Waals surface area contributed by atoms with Gasteiger partial charge in [0.05, 0.1) is 11.7 Å². The molecule has 3 rings (SSSR count). The fraction of sp³-hybridized carbons (Fsp3) is 0.391. The first-order valence-corrected chi connectivity index (χ1v) is 11.1. The minimum atomic E-state index is -0.0937. The first-order chi connectivity index (χ1) is 14.7. The van der Waals surface area contributed by atoms with Crippen molar-refractivity contribution in [2.75, 3.05) is 20.6 Å². The average Bonchev–Trinajstić information content (AvgIpc) is 3.05. The largest absolute Gasteiger partial charge is 0.345 e. The maximum absolute atomic E-state index is 12.8. The third-order valence-electron chi connectivity index (χ3n) is 5.44. The Morgan fingerprint density at radius 1 is 1.13 bits per heavy atom. The molecule has 3 aromatic rings. The molecule has 0 aliphatic carbocycles. The van der Waals surface area contributed by atoms with Gasteiger partial charge in [0, 0.05) is 50.6 Å². The van der Waals surface area contributed by atoms with Crippen LogP contribution in [0.1, 0.15) is 39.7 Å². The molecule has 0 aliphatic rings. The topological polar surface area (TPSA) is 75.5 Å². The normalized spacial score (nSPS) is 11.0. The second kappa shape index (κ2) is 9.43. The van der Waals surface area contributed by atoms with Crippen molar-refractivity contribution in [2.45, 2.75) is 40.3 Å². The van der Waals surface area contributed by atoms with E-state index in [1.165, 1.54) is 27.1 Å². The van der Waals surface area contributed by atoms with Gasteiger partial charge in [-0.3, -0.25) is 19.0 Å². The van der Waals surface area contributed by atoms with Gasteiger partial charge in [0.2, 0.25) is 5.91 Å². The molecule has 0 unspecified atom stereocenters. The van der Waals surface area contributed by atoms with Crippen LogP contribution in [0, 0.1) is 13.8 Å². The van der Waals surface area contributed by atoms with Crippen LogP contribution in [-0.2, 0) is 17.9 Å². The second-order valence-corrected chi connectivity index (χ2v) is 8.96. The highest BCUT2D eigenvalue weighted by Gasteiger charge is 2.16. The highest BCUT2D eigenvalue weighted by atomic mass is 32.1. The summed E-state index contributed by atoms with van der Waals surface area (Å²) in [4.78, 5) is 47.1. The molecule has 8 heteroatoms. The van der Waals surface area contributed by atoms with E-state index in [9.17, 15) is 14.4 Å². The maximum atomic E-state index is 12.8. The van der Waals surface area contributed by atoms with Crippen molar-refractivity contribution in [3.63, 3.8) is 0 Å². The van der Waals surface area contributed by atoms with Crippen molar-refractivity contribution in [3.8, 4) is 0 Å². The van der Waals surface area contributed by atoms with Gasteiger partial charge < -0.3 is 9.80 Å². The van der Waals surface area contributed by atoms with Gasteiger partial charge in [0.25, 0.3) is 11.5 Å². The van der Waals surface area contributed by atoms with E-state index in [0.717, 1.165) is 20.8 Å². The van der Waals surface area contributed by atoms with Crippen LogP contribution in [0.5, 0.6) is 0 Å². The summed E-state index contributed by atoms with van der Waals surface area (Å²) < 4.78 is 1.52. The summed E-state index contributed by atoms with van der Waals surface area (Å²) in [5, 5.41) is 0.650. The molecule has 2 amide bonds. The molecule has 2 aromatic heterocycles. The average molecular weight is 441 g/mol. The first-order valence-electron chi connectivity index (χ1n) is 10.3. The molecule has 0 saturated carbocycles. The summed E-state index contributed by atoms with van der Waals surface area (Å²) in [7, 11) is 3.43. The van der Waals surface area contributed by atoms with Gasteiger partial charge in [0.1, 0.15) is 4.83 Å². The van der Waals surface area contributed by atoms with E-state index in [0.29, 0.717) is 30.6 Å². The Labute approximate surface area is 185 Å². The van der Waals surface area contributed by atoms with E-state index in [2.05, 4.69) is 4.98 Å². The third-order valence-corrected chi connectivity index (χ3v) is 6.55. The van der Waals surface area contributed by atoms with Crippen LogP contribution in [0.25, 0.3) is 10.2 Å². The number of hydrogen-bond donors (Lipinski definition) is 0. The molecule has 2 heterocycles. The van der Waals surface area contributed by atoms with E-state index >= 15 is 0 Å². The Morgan fingerprint density at radius 3 is 2.42 bits per heavy atom. The van der Waals surface area contributed by atoms with Crippen LogP contribution in [0.3, 0.4) is 0 Å². The number of amides is 2. The standard InChI is InChI=1S/C23H28N4O3S/c1-6-26(13-17-7-9-18(10-8-17)22(29)25(4)5)19(28)11-12-27-14-24-21-20(23(27)30)15(2)16(3)31-21/h7-10,14H,6,11-13H2,1-5H3. The molecule has 0 radical (unpaired) electrons. The monoisotopic (exact) mass is 440 g/mol. The van der Waals surface area contributed by atoms with Crippen LogP contribution in [0.4, 0.5) is 0 Å². The lowest BCUT2D eigenvalue weighted by molar-refractivity contribution is -0.131. The van der Waals surface area contributed by atoms with Crippen molar-refractivity contribution in [1.29, 1.82) is 0 Å². The number of rotatable bonds is 7.